The van der Waals surface area contributed by atoms with Crippen molar-refractivity contribution in [3.05, 3.63) is 23.3 Å². The number of ketones is 1. The summed E-state index contributed by atoms with van der Waals surface area (Å²) in [6.07, 6.45) is 2.84. The summed E-state index contributed by atoms with van der Waals surface area (Å²) in [5, 5.41) is 21.9. The lowest BCUT2D eigenvalue weighted by Crippen LogP contribution is -2.71. The third kappa shape index (κ3) is 1.13. The number of Topliss-reactive ketones (excluding diaryl/α,β-unsaturated/α-hetero) is 1. The first-order valence-corrected chi connectivity index (χ1v) is 8.26. The van der Waals surface area contributed by atoms with E-state index in [0.29, 0.717) is 24.5 Å². The third-order valence-electron chi connectivity index (χ3n) is 6.90. The van der Waals surface area contributed by atoms with Crippen LogP contribution in [0.2, 0.25) is 0 Å². The fourth-order valence-corrected chi connectivity index (χ4v) is 5.92. The number of hydrogen-bond acceptors (Lipinski definition) is 4. The normalized spacial score (nSPS) is 44.5. The van der Waals surface area contributed by atoms with Crippen molar-refractivity contribution in [2.75, 3.05) is 0 Å². The molecule has 2 bridgehead atoms. The Morgan fingerprint density at radius 1 is 1.32 bits per heavy atom. The SMILES string of the molecule is CC1CCC23c4c5ccc(O)c4OC2C(=O)CC[C@@]3(O)[C@H]1C5. The van der Waals surface area contributed by atoms with E-state index in [1.807, 2.05) is 6.07 Å². The summed E-state index contributed by atoms with van der Waals surface area (Å²) < 4.78 is 5.96. The second kappa shape index (κ2) is 3.67. The van der Waals surface area contributed by atoms with Crippen molar-refractivity contribution in [3.8, 4) is 11.5 Å². The van der Waals surface area contributed by atoms with Gasteiger partial charge in [-0.3, -0.25) is 4.79 Å². The highest BCUT2D eigenvalue weighted by Gasteiger charge is 2.72. The summed E-state index contributed by atoms with van der Waals surface area (Å²) >= 11 is 0. The minimum Gasteiger partial charge on any atom is -0.504 e. The van der Waals surface area contributed by atoms with Crippen molar-refractivity contribution in [1.82, 2.24) is 0 Å². The van der Waals surface area contributed by atoms with Gasteiger partial charge in [0.15, 0.2) is 23.4 Å². The Morgan fingerprint density at radius 2 is 2.14 bits per heavy atom. The summed E-state index contributed by atoms with van der Waals surface area (Å²) in [4.78, 5) is 12.5. The Hall–Kier alpha value is -1.55. The van der Waals surface area contributed by atoms with Gasteiger partial charge < -0.3 is 14.9 Å². The number of aromatic hydroxyl groups is 1. The van der Waals surface area contributed by atoms with Crippen LogP contribution in [0.5, 0.6) is 11.5 Å². The first-order chi connectivity index (χ1) is 10.5. The zero-order valence-corrected chi connectivity index (χ0v) is 12.6. The second-order valence-corrected chi connectivity index (χ2v) is 7.63. The van der Waals surface area contributed by atoms with E-state index in [9.17, 15) is 15.0 Å². The molecule has 1 aromatic rings. The Morgan fingerprint density at radius 3 is 2.95 bits per heavy atom. The van der Waals surface area contributed by atoms with Crippen LogP contribution in [0.25, 0.3) is 0 Å². The van der Waals surface area contributed by atoms with Gasteiger partial charge in [-0.25, -0.2) is 0 Å². The van der Waals surface area contributed by atoms with Crippen molar-refractivity contribution in [1.29, 1.82) is 0 Å². The van der Waals surface area contributed by atoms with E-state index in [1.54, 1.807) is 6.07 Å². The highest BCUT2D eigenvalue weighted by Crippen LogP contribution is 2.67. The second-order valence-electron chi connectivity index (χ2n) is 7.63. The van der Waals surface area contributed by atoms with E-state index in [-0.39, 0.29) is 17.5 Å². The molecule has 1 aromatic carbocycles. The number of aliphatic hydroxyl groups is 1. The lowest BCUT2D eigenvalue weighted by molar-refractivity contribution is -0.186. The summed E-state index contributed by atoms with van der Waals surface area (Å²) in [5.41, 5.74) is 0.554. The maximum atomic E-state index is 12.5. The average molecular weight is 300 g/mol. The molecular formula is C18H20O4. The summed E-state index contributed by atoms with van der Waals surface area (Å²) in [7, 11) is 0. The van der Waals surface area contributed by atoms with Gasteiger partial charge in [-0.2, -0.15) is 0 Å². The Kier molecular flexibility index (Phi) is 2.16. The summed E-state index contributed by atoms with van der Waals surface area (Å²) in [6, 6.07) is 3.61. The van der Waals surface area contributed by atoms with Gasteiger partial charge in [0, 0.05) is 12.0 Å². The molecule has 1 spiro atoms. The first-order valence-electron chi connectivity index (χ1n) is 8.26. The minimum atomic E-state index is -0.880. The quantitative estimate of drug-likeness (QED) is 0.770. The number of ether oxygens (including phenoxy) is 1. The van der Waals surface area contributed by atoms with Gasteiger partial charge in [0.05, 0.1) is 11.0 Å². The number of rotatable bonds is 0. The van der Waals surface area contributed by atoms with Gasteiger partial charge in [-0.1, -0.05) is 13.0 Å². The highest BCUT2D eigenvalue weighted by molar-refractivity contribution is 5.89. The van der Waals surface area contributed by atoms with Gasteiger partial charge in [-0.05, 0) is 49.1 Å². The Bertz CT molecular complexity index is 711. The zero-order valence-electron chi connectivity index (χ0n) is 12.6. The smallest absolute Gasteiger partial charge is 0.174 e. The maximum Gasteiger partial charge on any atom is 0.174 e. The highest BCUT2D eigenvalue weighted by atomic mass is 16.5. The van der Waals surface area contributed by atoms with Crippen LogP contribution in [-0.2, 0) is 16.6 Å². The molecule has 3 aliphatic carbocycles. The molecule has 5 atom stereocenters. The maximum absolute atomic E-state index is 12.5. The van der Waals surface area contributed by atoms with Gasteiger partial charge in [0.2, 0.25) is 0 Å². The number of hydrogen-bond donors (Lipinski definition) is 2. The molecule has 116 valence electrons. The molecule has 2 N–H and O–H groups in total. The zero-order chi connectivity index (χ0) is 15.3. The monoisotopic (exact) mass is 300 g/mol. The molecule has 22 heavy (non-hydrogen) atoms. The van der Waals surface area contributed by atoms with E-state index in [2.05, 4.69) is 6.92 Å². The van der Waals surface area contributed by atoms with Gasteiger partial charge in [0.25, 0.3) is 0 Å². The van der Waals surface area contributed by atoms with Crippen LogP contribution in [0.1, 0.15) is 43.7 Å². The van der Waals surface area contributed by atoms with Gasteiger partial charge in [0.1, 0.15) is 0 Å². The number of phenolic OH excluding ortho intramolecular Hbond substituents is 1. The summed E-state index contributed by atoms with van der Waals surface area (Å²) in [5.74, 6) is 1.22. The van der Waals surface area contributed by atoms with Crippen LogP contribution in [0.4, 0.5) is 0 Å². The van der Waals surface area contributed by atoms with Crippen molar-refractivity contribution >= 4 is 5.78 Å². The minimum absolute atomic E-state index is 0.0708. The van der Waals surface area contributed by atoms with Crippen molar-refractivity contribution in [2.24, 2.45) is 11.8 Å². The molecule has 4 aliphatic rings. The number of carbonyl (C=O) groups excluding carboxylic acids is 1. The predicted molar refractivity (Wildman–Crippen MR) is 79.0 cm³/mol. The molecule has 2 fully saturated rings. The number of carbonyl (C=O) groups is 1. The number of phenols is 1. The molecular weight excluding hydrogens is 280 g/mol. The molecule has 3 unspecified atom stereocenters. The van der Waals surface area contributed by atoms with Crippen LogP contribution in [0.3, 0.4) is 0 Å². The van der Waals surface area contributed by atoms with Crippen LogP contribution in [0.15, 0.2) is 12.1 Å². The molecule has 1 aliphatic heterocycles. The van der Waals surface area contributed by atoms with Gasteiger partial charge in [-0.15, -0.1) is 0 Å². The molecule has 0 aromatic heterocycles. The summed E-state index contributed by atoms with van der Waals surface area (Å²) in [6.45, 7) is 2.21. The molecule has 1 heterocycles. The fourth-order valence-electron chi connectivity index (χ4n) is 5.92. The predicted octanol–water partition coefficient (Wildman–Crippen LogP) is 2.09. The molecule has 5 rings (SSSR count). The lowest BCUT2D eigenvalue weighted by atomic mass is 9.44. The van der Waals surface area contributed by atoms with E-state index in [0.717, 1.165) is 30.4 Å². The largest absolute Gasteiger partial charge is 0.504 e. The molecule has 4 heteroatoms. The van der Waals surface area contributed by atoms with Crippen molar-refractivity contribution in [2.45, 2.75) is 56.1 Å². The lowest BCUT2D eigenvalue weighted by Gasteiger charge is -2.61. The molecule has 4 nitrogen and oxygen atoms in total. The Labute approximate surface area is 129 Å². The van der Waals surface area contributed by atoms with Crippen molar-refractivity contribution in [3.63, 3.8) is 0 Å². The van der Waals surface area contributed by atoms with E-state index in [1.165, 1.54) is 0 Å². The fraction of sp³-hybridized carbons (Fsp3) is 0.611. The number of benzene rings is 1. The van der Waals surface area contributed by atoms with Crippen LogP contribution < -0.4 is 4.74 Å². The van der Waals surface area contributed by atoms with Crippen LogP contribution >= 0.6 is 0 Å². The third-order valence-corrected chi connectivity index (χ3v) is 6.90. The molecule has 0 amide bonds. The van der Waals surface area contributed by atoms with Gasteiger partial charge >= 0.3 is 0 Å². The van der Waals surface area contributed by atoms with Crippen molar-refractivity contribution < 1.29 is 19.7 Å². The molecule has 0 saturated heterocycles. The van der Waals surface area contributed by atoms with E-state index in [4.69, 9.17) is 4.74 Å². The first kappa shape index (κ1) is 12.9. The Balaban J connectivity index is 1.88. The molecule has 2 saturated carbocycles. The van der Waals surface area contributed by atoms with Crippen LogP contribution in [-0.4, -0.2) is 27.7 Å². The standard InChI is InChI=1S/C18H20O4/c1-9-4-6-17-14-10-2-3-12(19)15(14)22-16(17)13(20)5-7-18(17,21)11(9)8-10/h2-3,9,11,16,19,21H,4-8H2,1H3/t9?,11-,16?,17?,18+/m0/s1. The van der Waals surface area contributed by atoms with E-state index >= 15 is 0 Å². The van der Waals surface area contributed by atoms with E-state index < -0.39 is 17.1 Å². The topological polar surface area (TPSA) is 66.8 Å². The average Bonchev–Trinajstić information content (AvgIpc) is 2.85. The molecule has 0 radical (unpaired) electrons. The van der Waals surface area contributed by atoms with Crippen LogP contribution in [0, 0.1) is 11.8 Å².